The summed E-state index contributed by atoms with van der Waals surface area (Å²) in [5, 5.41) is 0. The Balaban J connectivity index is 3.96. The van der Waals surface area contributed by atoms with Gasteiger partial charge < -0.3 is 0 Å². The van der Waals surface area contributed by atoms with Crippen molar-refractivity contribution >= 4 is 21.6 Å². The fourth-order valence-electron chi connectivity index (χ4n) is 0.904. The predicted octanol–water partition coefficient (Wildman–Crippen LogP) is 1.72. The van der Waals surface area contributed by atoms with Crippen molar-refractivity contribution in [2.75, 3.05) is 11.6 Å². The molecule has 0 saturated carbocycles. The minimum absolute atomic E-state index is 0.164. The van der Waals surface area contributed by atoms with Crippen LogP contribution in [0.15, 0.2) is 0 Å². The van der Waals surface area contributed by atoms with Crippen molar-refractivity contribution < 1.29 is 8.42 Å². The molecule has 3 nitrogen and oxygen atoms in total. The van der Waals surface area contributed by atoms with E-state index in [4.69, 9.17) is 11.6 Å². The first-order chi connectivity index (χ1) is 5.77. The molecule has 0 spiro atoms. The topological polar surface area (TPSA) is 46.2 Å². The molecule has 1 N–H and O–H groups in total. The lowest BCUT2D eigenvalue weighted by Crippen LogP contribution is -2.41. The molecule has 0 aromatic carbocycles. The quantitative estimate of drug-likeness (QED) is 0.574. The standard InChI is InChI=1S/C8H18ClNO2S/c1-8(2,3)10-13(11,12)7-5-4-6-9/h10H,4-7H2,1-3H3. The third-order valence-corrected chi connectivity index (χ3v) is 3.28. The molecule has 0 atom stereocenters. The molecule has 0 aliphatic heterocycles. The SMILES string of the molecule is CC(C)(C)NS(=O)(=O)CCCCCl. The first kappa shape index (κ1) is 13.2. The molecule has 0 aliphatic carbocycles. The van der Waals surface area contributed by atoms with Gasteiger partial charge in [-0.15, -0.1) is 11.6 Å². The van der Waals surface area contributed by atoms with Crippen molar-refractivity contribution in [2.24, 2.45) is 0 Å². The lowest BCUT2D eigenvalue weighted by molar-refractivity contribution is 0.490. The second-order valence-corrected chi connectivity index (χ2v) is 6.29. The van der Waals surface area contributed by atoms with Gasteiger partial charge in [-0.25, -0.2) is 13.1 Å². The van der Waals surface area contributed by atoms with Gasteiger partial charge in [-0.2, -0.15) is 0 Å². The second-order valence-electron chi connectivity index (χ2n) is 4.07. The molecule has 0 aliphatic rings. The van der Waals surface area contributed by atoms with Crippen LogP contribution in [0, 0.1) is 0 Å². The highest BCUT2D eigenvalue weighted by Gasteiger charge is 2.18. The summed E-state index contributed by atoms with van der Waals surface area (Å²) in [7, 11) is -3.12. The van der Waals surface area contributed by atoms with Gasteiger partial charge in [0.1, 0.15) is 0 Å². The molecular formula is C8H18ClNO2S. The second kappa shape index (κ2) is 5.17. The largest absolute Gasteiger partial charge is 0.212 e. The number of unbranched alkanes of at least 4 members (excludes halogenated alkanes) is 1. The third-order valence-electron chi connectivity index (χ3n) is 1.26. The fourth-order valence-corrected chi connectivity index (χ4v) is 2.71. The number of rotatable bonds is 5. The number of hydrogen-bond acceptors (Lipinski definition) is 2. The van der Waals surface area contributed by atoms with Crippen LogP contribution in [-0.2, 0) is 10.0 Å². The fraction of sp³-hybridized carbons (Fsp3) is 1.00. The van der Waals surface area contributed by atoms with Gasteiger partial charge in [0.25, 0.3) is 0 Å². The summed E-state index contributed by atoms with van der Waals surface area (Å²) in [6.07, 6.45) is 1.36. The Hall–Kier alpha value is 0.200. The molecule has 5 heteroatoms. The van der Waals surface area contributed by atoms with Crippen molar-refractivity contribution in [3.63, 3.8) is 0 Å². The van der Waals surface area contributed by atoms with E-state index in [1.54, 1.807) is 0 Å². The van der Waals surface area contributed by atoms with Gasteiger partial charge in [0.2, 0.25) is 10.0 Å². The normalized spacial score (nSPS) is 13.2. The van der Waals surface area contributed by atoms with Gasteiger partial charge in [-0.1, -0.05) is 0 Å². The minimum atomic E-state index is -3.12. The Morgan fingerprint density at radius 2 is 1.77 bits per heavy atom. The maximum absolute atomic E-state index is 11.4. The predicted molar refractivity (Wildman–Crippen MR) is 56.6 cm³/mol. The molecule has 0 heterocycles. The molecule has 0 bridgehead atoms. The highest BCUT2D eigenvalue weighted by atomic mass is 35.5. The smallest absolute Gasteiger partial charge is 0.212 e. The van der Waals surface area contributed by atoms with Crippen LogP contribution in [-0.4, -0.2) is 25.6 Å². The van der Waals surface area contributed by atoms with E-state index >= 15 is 0 Å². The van der Waals surface area contributed by atoms with Gasteiger partial charge in [-0.3, -0.25) is 0 Å². The van der Waals surface area contributed by atoms with E-state index in [-0.39, 0.29) is 11.3 Å². The maximum atomic E-state index is 11.4. The van der Waals surface area contributed by atoms with E-state index in [0.29, 0.717) is 12.3 Å². The Morgan fingerprint density at radius 3 is 2.15 bits per heavy atom. The minimum Gasteiger partial charge on any atom is -0.212 e. The zero-order valence-electron chi connectivity index (χ0n) is 8.43. The molecule has 0 aromatic rings. The van der Waals surface area contributed by atoms with E-state index in [9.17, 15) is 8.42 Å². The first-order valence-electron chi connectivity index (χ1n) is 4.34. The van der Waals surface area contributed by atoms with Crippen molar-refractivity contribution in [1.82, 2.24) is 4.72 Å². The van der Waals surface area contributed by atoms with Gasteiger partial charge in [0, 0.05) is 11.4 Å². The van der Waals surface area contributed by atoms with Crippen LogP contribution in [0.2, 0.25) is 0 Å². The van der Waals surface area contributed by atoms with Gasteiger partial charge in [0.05, 0.1) is 5.75 Å². The molecule has 0 aromatic heterocycles. The molecule has 0 saturated heterocycles. The molecule has 80 valence electrons. The average molecular weight is 228 g/mol. The van der Waals surface area contributed by atoms with Crippen LogP contribution in [0.25, 0.3) is 0 Å². The van der Waals surface area contributed by atoms with Crippen molar-refractivity contribution in [2.45, 2.75) is 39.2 Å². The van der Waals surface area contributed by atoms with E-state index in [1.807, 2.05) is 20.8 Å². The number of nitrogens with one attached hydrogen (secondary N) is 1. The van der Waals surface area contributed by atoms with Gasteiger partial charge in [0.15, 0.2) is 0 Å². The number of alkyl halides is 1. The van der Waals surface area contributed by atoms with Crippen LogP contribution >= 0.6 is 11.6 Å². The third kappa shape index (κ3) is 8.53. The Bertz CT molecular complexity index is 231. The van der Waals surface area contributed by atoms with Gasteiger partial charge >= 0.3 is 0 Å². The van der Waals surface area contributed by atoms with E-state index in [2.05, 4.69) is 4.72 Å². The number of hydrogen-bond donors (Lipinski definition) is 1. The zero-order chi connectivity index (χ0) is 10.5. The summed E-state index contributed by atoms with van der Waals surface area (Å²) in [6.45, 7) is 5.48. The summed E-state index contributed by atoms with van der Waals surface area (Å²) >= 11 is 5.45. The molecule has 0 rings (SSSR count). The van der Waals surface area contributed by atoms with Crippen molar-refractivity contribution in [3.8, 4) is 0 Å². The average Bonchev–Trinajstić information content (AvgIpc) is 1.81. The number of halogens is 1. The summed E-state index contributed by atoms with van der Waals surface area (Å²) in [5.74, 6) is 0.683. The monoisotopic (exact) mass is 227 g/mol. The summed E-state index contributed by atoms with van der Waals surface area (Å²) in [6, 6.07) is 0. The van der Waals surface area contributed by atoms with Crippen LogP contribution in [0.1, 0.15) is 33.6 Å². The molecule has 0 amide bonds. The molecule has 0 fully saturated rings. The van der Waals surface area contributed by atoms with Crippen molar-refractivity contribution in [3.05, 3.63) is 0 Å². The van der Waals surface area contributed by atoms with Crippen LogP contribution in [0.3, 0.4) is 0 Å². The van der Waals surface area contributed by atoms with Crippen LogP contribution < -0.4 is 4.72 Å². The Morgan fingerprint density at radius 1 is 1.23 bits per heavy atom. The van der Waals surface area contributed by atoms with Gasteiger partial charge in [-0.05, 0) is 33.6 Å². The summed E-state index contributed by atoms with van der Waals surface area (Å²) < 4.78 is 25.3. The molecule has 0 unspecified atom stereocenters. The first-order valence-corrected chi connectivity index (χ1v) is 6.53. The summed E-state index contributed by atoms with van der Waals surface area (Å²) in [4.78, 5) is 0. The molecule has 0 radical (unpaired) electrons. The molecule has 13 heavy (non-hydrogen) atoms. The number of sulfonamides is 1. The summed E-state index contributed by atoms with van der Waals surface area (Å²) in [5.41, 5.74) is -0.389. The Labute approximate surface area is 85.9 Å². The highest BCUT2D eigenvalue weighted by Crippen LogP contribution is 2.04. The zero-order valence-corrected chi connectivity index (χ0v) is 10.0. The molecular weight excluding hydrogens is 210 g/mol. The van der Waals surface area contributed by atoms with Crippen LogP contribution in [0.4, 0.5) is 0 Å². The van der Waals surface area contributed by atoms with E-state index in [1.165, 1.54) is 0 Å². The Kier molecular flexibility index (Phi) is 5.25. The maximum Gasteiger partial charge on any atom is 0.212 e. The van der Waals surface area contributed by atoms with Crippen molar-refractivity contribution in [1.29, 1.82) is 0 Å². The van der Waals surface area contributed by atoms with Crippen LogP contribution in [0.5, 0.6) is 0 Å². The lowest BCUT2D eigenvalue weighted by atomic mass is 10.1. The van der Waals surface area contributed by atoms with E-state index < -0.39 is 10.0 Å². The highest BCUT2D eigenvalue weighted by molar-refractivity contribution is 7.89. The lowest BCUT2D eigenvalue weighted by Gasteiger charge is -2.20. The van der Waals surface area contributed by atoms with E-state index in [0.717, 1.165) is 6.42 Å².